The predicted molar refractivity (Wildman–Crippen MR) is 137 cm³/mol. The van der Waals surface area contributed by atoms with Gasteiger partial charge in [0.25, 0.3) is 5.91 Å². The lowest BCUT2D eigenvalue weighted by molar-refractivity contribution is -0.165. The molecular formula is C30H34N2O4. The molecule has 0 radical (unpaired) electrons. The van der Waals surface area contributed by atoms with Gasteiger partial charge in [-0.1, -0.05) is 48.5 Å². The number of anilines is 1. The molecule has 1 heterocycles. The molecule has 4 aliphatic carbocycles. The van der Waals surface area contributed by atoms with Gasteiger partial charge in [0.15, 0.2) is 6.61 Å². The molecule has 1 atom stereocenters. The van der Waals surface area contributed by atoms with Crippen molar-refractivity contribution in [3.8, 4) is 11.1 Å². The number of para-hydroxylation sites is 1. The van der Waals surface area contributed by atoms with Gasteiger partial charge in [-0.15, -0.1) is 0 Å². The second kappa shape index (κ2) is 9.38. The largest absolute Gasteiger partial charge is 0.454 e. The van der Waals surface area contributed by atoms with Crippen molar-refractivity contribution in [2.45, 2.75) is 57.4 Å². The Hall–Kier alpha value is -3.15. The molecule has 4 bridgehead atoms. The molecule has 6 nitrogen and oxygen atoms in total. The average Bonchev–Trinajstić information content (AvgIpc) is 3.37. The Morgan fingerprint density at radius 2 is 1.53 bits per heavy atom. The van der Waals surface area contributed by atoms with E-state index in [1.165, 1.54) is 19.3 Å². The van der Waals surface area contributed by atoms with Crippen molar-refractivity contribution >= 4 is 23.5 Å². The molecule has 0 spiro atoms. The van der Waals surface area contributed by atoms with Crippen LogP contribution in [0.5, 0.6) is 0 Å². The van der Waals surface area contributed by atoms with Crippen LogP contribution in [-0.2, 0) is 19.1 Å². The third kappa shape index (κ3) is 4.31. The molecule has 0 aromatic heterocycles. The molecular weight excluding hydrogens is 452 g/mol. The third-order valence-electron chi connectivity index (χ3n) is 8.91. The third-order valence-corrected chi connectivity index (χ3v) is 8.91. The molecule has 5 fully saturated rings. The molecule has 5 aliphatic rings. The minimum atomic E-state index is -0.574. The zero-order valence-electron chi connectivity index (χ0n) is 20.7. The maximum Gasteiger partial charge on any atom is 0.329 e. The van der Waals surface area contributed by atoms with E-state index in [4.69, 9.17) is 4.74 Å². The number of carbonyl (C=O) groups excluding carboxylic acids is 3. The van der Waals surface area contributed by atoms with Crippen LogP contribution in [0.25, 0.3) is 11.1 Å². The summed E-state index contributed by atoms with van der Waals surface area (Å²) in [6.07, 6.45) is 8.20. The first-order valence-corrected chi connectivity index (χ1v) is 13.4. The number of esters is 1. The topological polar surface area (TPSA) is 75.7 Å². The smallest absolute Gasteiger partial charge is 0.329 e. The Balaban J connectivity index is 1.08. The highest BCUT2D eigenvalue weighted by atomic mass is 16.5. The summed E-state index contributed by atoms with van der Waals surface area (Å²) in [6.45, 7) is 0.245. The lowest BCUT2D eigenvalue weighted by Gasteiger charge is -2.56. The van der Waals surface area contributed by atoms with Crippen molar-refractivity contribution in [2.24, 2.45) is 23.2 Å². The maximum absolute atomic E-state index is 13.8. The summed E-state index contributed by atoms with van der Waals surface area (Å²) >= 11 is 0. The van der Waals surface area contributed by atoms with E-state index in [9.17, 15) is 14.4 Å². The maximum atomic E-state index is 13.8. The minimum absolute atomic E-state index is 0.169. The average molecular weight is 487 g/mol. The number of nitrogens with one attached hydrogen (secondary N) is 1. The molecule has 7 rings (SSSR count). The van der Waals surface area contributed by atoms with Crippen molar-refractivity contribution < 1.29 is 19.1 Å². The van der Waals surface area contributed by atoms with Crippen LogP contribution < -0.4 is 5.32 Å². The van der Waals surface area contributed by atoms with E-state index < -0.39 is 12.0 Å². The molecule has 1 aliphatic heterocycles. The number of carbonyl (C=O) groups is 3. The Kier molecular flexibility index (Phi) is 6.06. The number of hydrogen-bond donors (Lipinski definition) is 1. The summed E-state index contributed by atoms with van der Waals surface area (Å²) in [5, 5.41) is 2.88. The first-order chi connectivity index (χ1) is 17.5. The molecule has 4 saturated carbocycles. The second-order valence-electron chi connectivity index (χ2n) is 11.4. The number of rotatable bonds is 6. The molecule has 2 amide bonds. The molecule has 1 unspecified atom stereocenters. The second-order valence-corrected chi connectivity index (χ2v) is 11.4. The Bertz CT molecular complexity index is 1130. The van der Waals surface area contributed by atoms with E-state index in [2.05, 4.69) is 5.32 Å². The fourth-order valence-corrected chi connectivity index (χ4v) is 7.81. The highest BCUT2D eigenvalue weighted by Gasteiger charge is 2.57. The molecule has 188 valence electrons. The van der Waals surface area contributed by atoms with Crippen LogP contribution in [0.3, 0.4) is 0 Å². The van der Waals surface area contributed by atoms with E-state index in [0.717, 1.165) is 36.8 Å². The number of ether oxygens (including phenoxy) is 1. The van der Waals surface area contributed by atoms with E-state index in [-0.39, 0.29) is 23.8 Å². The molecule has 1 saturated heterocycles. The van der Waals surface area contributed by atoms with Gasteiger partial charge in [-0.25, -0.2) is 4.79 Å². The molecule has 2 aromatic rings. The fourth-order valence-electron chi connectivity index (χ4n) is 7.81. The zero-order valence-corrected chi connectivity index (χ0v) is 20.7. The molecule has 6 heteroatoms. The number of benzene rings is 2. The van der Waals surface area contributed by atoms with Crippen LogP contribution in [-0.4, -0.2) is 41.9 Å². The van der Waals surface area contributed by atoms with Crippen molar-refractivity contribution in [1.29, 1.82) is 0 Å². The highest BCUT2D eigenvalue weighted by molar-refractivity contribution is 5.97. The summed E-state index contributed by atoms with van der Waals surface area (Å²) < 4.78 is 5.46. The number of amides is 2. The fraction of sp³-hybridized carbons (Fsp3) is 0.500. The lowest BCUT2D eigenvalue weighted by Crippen LogP contribution is -2.56. The van der Waals surface area contributed by atoms with E-state index >= 15 is 0 Å². The quantitative estimate of drug-likeness (QED) is 0.581. The minimum Gasteiger partial charge on any atom is -0.454 e. The van der Waals surface area contributed by atoms with Crippen LogP contribution in [0.15, 0.2) is 54.6 Å². The van der Waals surface area contributed by atoms with Gasteiger partial charge in [-0.05, 0) is 80.8 Å². The van der Waals surface area contributed by atoms with Crippen LogP contribution in [0, 0.1) is 23.2 Å². The van der Waals surface area contributed by atoms with Gasteiger partial charge in [0, 0.05) is 17.8 Å². The Labute approximate surface area is 212 Å². The van der Waals surface area contributed by atoms with Gasteiger partial charge in [0.1, 0.15) is 6.04 Å². The van der Waals surface area contributed by atoms with Gasteiger partial charge in [0.2, 0.25) is 5.91 Å². The predicted octanol–water partition coefficient (Wildman–Crippen LogP) is 5.04. The van der Waals surface area contributed by atoms with Crippen molar-refractivity contribution in [2.75, 3.05) is 18.5 Å². The normalized spacial score (nSPS) is 30.3. The highest BCUT2D eigenvalue weighted by Crippen LogP contribution is 2.60. The summed E-state index contributed by atoms with van der Waals surface area (Å²) in [5.74, 6) is 1.35. The number of hydrogen-bond acceptors (Lipinski definition) is 4. The molecule has 2 aromatic carbocycles. The van der Waals surface area contributed by atoms with Crippen molar-refractivity contribution in [3.05, 3.63) is 54.6 Å². The monoisotopic (exact) mass is 486 g/mol. The van der Waals surface area contributed by atoms with Crippen LogP contribution in [0.1, 0.15) is 51.4 Å². The van der Waals surface area contributed by atoms with Crippen molar-refractivity contribution in [1.82, 2.24) is 4.90 Å². The SMILES string of the molecule is O=C(COC(=O)C1CCCN1C(=O)C12CC3CC(CC(C3)C1)C2)Nc1ccccc1-c1ccccc1. The number of nitrogens with zero attached hydrogens (tertiary/aromatic N) is 1. The first kappa shape index (κ1) is 23.3. The molecule has 1 N–H and O–H groups in total. The van der Waals surface area contributed by atoms with E-state index in [1.807, 2.05) is 54.6 Å². The van der Waals surface area contributed by atoms with Crippen LogP contribution in [0.2, 0.25) is 0 Å². The number of likely N-dealkylation sites (tertiary alicyclic amines) is 1. The standard InChI is InChI=1S/C30H34N2O4/c33-27(31-25-10-5-4-9-24(25)23-7-2-1-3-8-23)19-36-28(34)26-11-6-12-32(26)29(35)30-16-20-13-21(17-30)15-22(14-20)18-30/h1-5,7-10,20-22,26H,6,11-19H2,(H,31,33). The van der Waals surface area contributed by atoms with Gasteiger partial charge in [0.05, 0.1) is 5.41 Å². The van der Waals surface area contributed by atoms with E-state index in [0.29, 0.717) is 36.4 Å². The molecule has 36 heavy (non-hydrogen) atoms. The van der Waals surface area contributed by atoms with Crippen molar-refractivity contribution in [3.63, 3.8) is 0 Å². The zero-order chi connectivity index (χ0) is 24.7. The summed E-state index contributed by atoms with van der Waals surface area (Å²) in [5.41, 5.74) is 2.30. The first-order valence-electron chi connectivity index (χ1n) is 13.4. The lowest BCUT2D eigenvalue weighted by atomic mass is 9.49. The summed E-state index contributed by atoms with van der Waals surface area (Å²) in [6, 6.07) is 16.8. The van der Waals surface area contributed by atoms with E-state index in [1.54, 1.807) is 4.90 Å². The van der Waals surface area contributed by atoms with Crippen LogP contribution >= 0.6 is 0 Å². The Morgan fingerprint density at radius 3 is 2.22 bits per heavy atom. The van der Waals surface area contributed by atoms with Gasteiger partial charge < -0.3 is 15.0 Å². The van der Waals surface area contributed by atoms with Gasteiger partial charge >= 0.3 is 5.97 Å². The van der Waals surface area contributed by atoms with Gasteiger partial charge in [-0.2, -0.15) is 0 Å². The summed E-state index contributed by atoms with van der Waals surface area (Å²) in [4.78, 5) is 41.3. The van der Waals surface area contributed by atoms with Gasteiger partial charge in [-0.3, -0.25) is 9.59 Å². The Morgan fingerprint density at radius 1 is 0.889 bits per heavy atom. The van der Waals surface area contributed by atoms with Crippen LogP contribution in [0.4, 0.5) is 5.69 Å². The summed E-state index contributed by atoms with van der Waals surface area (Å²) in [7, 11) is 0.